The summed E-state index contributed by atoms with van der Waals surface area (Å²) in [6.07, 6.45) is 0.924. The molecule has 0 radical (unpaired) electrons. The molecule has 0 aromatic carbocycles. The van der Waals surface area contributed by atoms with Crippen molar-refractivity contribution in [1.82, 2.24) is 19.8 Å². The first-order chi connectivity index (χ1) is 13.6. The van der Waals surface area contributed by atoms with Gasteiger partial charge in [0.15, 0.2) is 0 Å². The Labute approximate surface area is 171 Å². The predicted molar refractivity (Wildman–Crippen MR) is 112 cm³/mol. The lowest BCUT2D eigenvalue weighted by Crippen LogP contribution is -2.29. The number of aromatic nitrogens is 2. The Morgan fingerprint density at radius 1 is 1.29 bits per heavy atom. The number of fused-ring (bicyclic) bond motifs is 1. The molecular weight excluding hydrogens is 392 g/mol. The van der Waals surface area contributed by atoms with E-state index in [1.807, 2.05) is 16.7 Å². The Hall–Kier alpha value is -2.29. The SMILES string of the molecule is Cc1ccc(CN2CCCn3c(nc(CNC(=O)c4ccsc4)cc3=O)C2)s1. The third-order valence-electron chi connectivity index (χ3n) is 4.75. The summed E-state index contributed by atoms with van der Waals surface area (Å²) in [6.45, 7) is 5.49. The van der Waals surface area contributed by atoms with Crippen LogP contribution in [-0.4, -0.2) is 26.9 Å². The van der Waals surface area contributed by atoms with Crippen LogP contribution in [0.2, 0.25) is 0 Å². The summed E-state index contributed by atoms with van der Waals surface area (Å²) in [5, 5.41) is 6.52. The van der Waals surface area contributed by atoms with Crippen LogP contribution >= 0.6 is 22.7 Å². The van der Waals surface area contributed by atoms with Crippen molar-refractivity contribution >= 4 is 28.6 Å². The average Bonchev–Trinajstić information content (AvgIpc) is 3.29. The van der Waals surface area contributed by atoms with Gasteiger partial charge in [-0.2, -0.15) is 11.3 Å². The highest BCUT2D eigenvalue weighted by Crippen LogP contribution is 2.19. The third kappa shape index (κ3) is 4.40. The van der Waals surface area contributed by atoms with Gasteiger partial charge < -0.3 is 5.32 Å². The number of aryl methyl sites for hydroxylation is 1. The van der Waals surface area contributed by atoms with E-state index in [1.54, 1.807) is 16.0 Å². The van der Waals surface area contributed by atoms with Gasteiger partial charge in [0.1, 0.15) is 5.82 Å². The fourth-order valence-corrected chi connectivity index (χ4v) is 4.95. The van der Waals surface area contributed by atoms with Gasteiger partial charge in [0, 0.05) is 46.4 Å². The summed E-state index contributed by atoms with van der Waals surface area (Å²) < 4.78 is 1.77. The van der Waals surface area contributed by atoms with Gasteiger partial charge in [0.25, 0.3) is 11.5 Å². The van der Waals surface area contributed by atoms with Crippen molar-refractivity contribution in [3.05, 3.63) is 72.2 Å². The minimum Gasteiger partial charge on any atom is -0.346 e. The molecular formula is C20H22N4O2S2. The minimum atomic E-state index is -0.146. The van der Waals surface area contributed by atoms with Gasteiger partial charge in [0.2, 0.25) is 0 Å². The van der Waals surface area contributed by atoms with Crippen LogP contribution in [0.15, 0.2) is 39.8 Å². The van der Waals surface area contributed by atoms with Crippen LogP contribution in [0.25, 0.3) is 0 Å². The van der Waals surface area contributed by atoms with Gasteiger partial charge >= 0.3 is 0 Å². The van der Waals surface area contributed by atoms with Gasteiger partial charge in [0.05, 0.1) is 18.8 Å². The number of carbonyl (C=O) groups excluding carboxylic acids is 1. The normalized spacial score (nSPS) is 14.5. The second kappa shape index (κ2) is 8.38. The molecule has 0 spiro atoms. The number of nitrogens with zero attached hydrogens (tertiary/aromatic N) is 3. The lowest BCUT2D eigenvalue weighted by Gasteiger charge is -2.19. The van der Waals surface area contributed by atoms with Crippen molar-refractivity contribution < 1.29 is 4.79 Å². The lowest BCUT2D eigenvalue weighted by molar-refractivity contribution is 0.0950. The Bertz CT molecular complexity index is 1020. The largest absolute Gasteiger partial charge is 0.346 e. The zero-order chi connectivity index (χ0) is 19.5. The van der Waals surface area contributed by atoms with Crippen LogP contribution in [0.3, 0.4) is 0 Å². The molecule has 6 nitrogen and oxygen atoms in total. The third-order valence-corrected chi connectivity index (χ3v) is 6.42. The number of hydrogen-bond donors (Lipinski definition) is 1. The van der Waals surface area contributed by atoms with Crippen molar-refractivity contribution in [3.8, 4) is 0 Å². The molecule has 28 heavy (non-hydrogen) atoms. The van der Waals surface area contributed by atoms with Crippen LogP contribution in [0.4, 0.5) is 0 Å². The molecule has 0 unspecified atom stereocenters. The highest BCUT2D eigenvalue weighted by molar-refractivity contribution is 7.11. The van der Waals surface area contributed by atoms with Crippen LogP contribution in [0, 0.1) is 6.92 Å². The van der Waals surface area contributed by atoms with E-state index in [0.717, 1.165) is 25.3 Å². The van der Waals surface area contributed by atoms with Crippen molar-refractivity contribution in [2.75, 3.05) is 6.54 Å². The van der Waals surface area contributed by atoms with E-state index < -0.39 is 0 Å². The van der Waals surface area contributed by atoms with E-state index in [1.165, 1.54) is 27.2 Å². The molecule has 1 N–H and O–H groups in total. The molecule has 0 aliphatic carbocycles. The monoisotopic (exact) mass is 414 g/mol. The topological polar surface area (TPSA) is 67.2 Å². The molecule has 1 aliphatic rings. The zero-order valence-electron chi connectivity index (χ0n) is 15.7. The quantitative estimate of drug-likeness (QED) is 0.697. The smallest absolute Gasteiger partial charge is 0.253 e. The molecule has 3 aromatic rings. The molecule has 146 valence electrons. The van der Waals surface area contributed by atoms with Gasteiger partial charge in [-0.1, -0.05) is 0 Å². The molecule has 4 heterocycles. The van der Waals surface area contributed by atoms with Crippen LogP contribution < -0.4 is 10.9 Å². The maximum atomic E-state index is 12.6. The van der Waals surface area contributed by atoms with E-state index in [0.29, 0.717) is 24.3 Å². The highest BCUT2D eigenvalue weighted by atomic mass is 32.1. The van der Waals surface area contributed by atoms with Crippen molar-refractivity contribution in [2.24, 2.45) is 0 Å². The summed E-state index contributed by atoms with van der Waals surface area (Å²) in [5.41, 5.74) is 1.20. The van der Waals surface area contributed by atoms with E-state index >= 15 is 0 Å². The number of nitrogens with one attached hydrogen (secondary N) is 1. The first kappa shape index (κ1) is 19.0. The summed E-state index contributed by atoms with van der Waals surface area (Å²) in [4.78, 5) is 34.4. The Morgan fingerprint density at radius 2 is 2.18 bits per heavy atom. The van der Waals surface area contributed by atoms with E-state index in [2.05, 4.69) is 29.3 Å². The second-order valence-corrected chi connectivity index (χ2v) is 9.08. The van der Waals surface area contributed by atoms with E-state index in [9.17, 15) is 9.59 Å². The molecule has 3 aromatic heterocycles. The Balaban J connectivity index is 1.49. The van der Waals surface area contributed by atoms with Gasteiger partial charge in [-0.25, -0.2) is 4.98 Å². The van der Waals surface area contributed by atoms with Crippen molar-refractivity contribution in [2.45, 2.75) is 39.5 Å². The van der Waals surface area contributed by atoms with Crippen molar-refractivity contribution in [1.29, 1.82) is 0 Å². The molecule has 1 aliphatic heterocycles. The van der Waals surface area contributed by atoms with Gasteiger partial charge in [-0.15, -0.1) is 11.3 Å². The highest BCUT2D eigenvalue weighted by Gasteiger charge is 2.18. The van der Waals surface area contributed by atoms with Crippen molar-refractivity contribution in [3.63, 3.8) is 0 Å². The molecule has 0 atom stereocenters. The number of hydrogen-bond acceptors (Lipinski definition) is 6. The van der Waals surface area contributed by atoms with Crippen LogP contribution in [-0.2, 0) is 26.2 Å². The molecule has 0 saturated heterocycles. The molecule has 0 fully saturated rings. The van der Waals surface area contributed by atoms with Crippen LogP contribution in [0.5, 0.6) is 0 Å². The van der Waals surface area contributed by atoms with Crippen LogP contribution in [0.1, 0.15) is 38.1 Å². The fourth-order valence-electron chi connectivity index (χ4n) is 3.38. The zero-order valence-corrected chi connectivity index (χ0v) is 17.3. The average molecular weight is 415 g/mol. The standard InChI is InChI=1S/C20H22N4O2S2/c1-14-3-4-17(28-14)11-23-6-2-7-24-18(12-23)22-16(9-19(24)25)10-21-20(26)15-5-8-27-13-15/h3-5,8-9,13H,2,6-7,10-12H2,1H3,(H,21,26). The number of amides is 1. The molecule has 8 heteroatoms. The maximum Gasteiger partial charge on any atom is 0.253 e. The Morgan fingerprint density at radius 3 is 2.93 bits per heavy atom. The van der Waals surface area contributed by atoms with Gasteiger partial charge in [-0.3, -0.25) is 19.1 Å². The van der Waals surface area contributed by atoms with E-state index in [-0.39, 0.29) is 18.0 Å². The summed E-state index contributed by atoms with van der Waals surface area (Å²) in [7, 11) is 0. The van der Waals surface area contributed by atoms with Gasteiger partial charge in [-0.05, 0) is 36.9 Å². The maximum absolute atomic E-state index is 12.6. The molecule has 4 rings (SSSR count). The second-order valence-electron chi connectivity index (χ2n) is 6.92. The summed E-state index contributed by atoms with van der Waals surface area (Å²) in [6, 6.07) is 7.63. The molecule has 0 saturated carbocycles. The predicted octanol–water partition coefficient (Wildman–Crippen LogP) is 3.01. The number of rotatable bonds is 5. The first-order valence-electron chi connectivity index (χ1n) is 9.26. The molecule has 1 amide bonds. The molecule has 0 bridgehead atoms. The summed E-state index contributed by atoms with van der Waals surface area (Å²) in [5.74, 6) is 0.630. The summed E-state index contributed by atoms with van der Waals surface area (Å²) >= 11 is 3.29. The van der Waals surface area contributed by atoms with E-state index in [4.69, 9.17) is 4.98 Å². The Kier molecular flexibility index (Phi) is 5.70. The minimum absolute atomic E-state index is 0.0430. The number of thiophene rings is 2. The lowest BCUT2D eigenvalue weighted by atomic mass is 10.3. The number of carbonyl (C=O) groups is 1. The fraction of sp³-hybridized carbons (Fsp3) is 0.350. The first-order valence-corrected chi connectivity index (χ1v) is 11.0.